The zero-order valence-corrected chi connectivity index (χ0v) is 66.2. The molecule has 22 N–H and O–H groups in total. The van der Waals surface area contributed by atoms with Crippen LogP contribution < -0.4 is 75.3 Å². The second kappa shape index (κ2) is 40.3. The number of guanidine groups is 2. The van der Waals surface area contributed by atoms with Crippen LogP contribution in [-0.2, 0) is 96.1 Å². The smallest absolute Gasteiger partial charge is 0.257 e. The third-order valence-electron chi connectivity index (χ3n) is 21.4. The minimum Gasteiger partial charge on any atom is -0.370 e. The van der Waals surface area contributed by atoms with Crippen molar-refractivity contribution in [2.24, 2.45) is 11.5 Å². The Morgan fingerprint density at radius 3 is 1.43 bits per heavy atom. The molecule has 4 aliphatic heterocycles. The molecule has 0 aliphatic carbocycles. The molecule has 0 spiro atoms. The van der Waals surface area contributed by atoms with E-state index in [4.69, 9.17) is 22.3 Å². The number of imidazole rings is 2. The molecule has 38 heteroatoms. The number of rotatable bonds is 21. The summed E-state index contributed by atoms with van der Waals surface area (Å²) in [4.78, 5) is 210. The van der Waals surface area contributed by atoms with Gasteiger partial charge in [0.15, 0.2) is 17.3 Å². The first kappa shape index (κ1) is 84.8. The first-order valence-electron chi connectivity index (χ1n) is 39.2. The van der Waals surface area contributed by atoms with E-state index in [0.29, 0.717) is 61.7 Å². The van der Waals surface area contributed by atoms with Crippen LogP contribution in [0.2, 0.25) is 0 Å². The van der Waals surface area contributed by atoms with Gasteiger partial charge in [0, 0.05) is 124 Å². The van der Waals surface area contributed by atoms with Crippen molar-refractivity contribution in [3.63, 3.8) is 0 Å². The van der Waals surface area contributed by atoms with E-state index < -0.39 is 149 Å². The summed E-state index contributed by atoms with van der Waals surface area (Å²) in [6.07, 6.45) is 9.04. The van der Waals surface area contributed by atoms with Gasteiger partial charge in [-0.3, -0.25) is 63.6 Å². The third kappa shape index (κ3) is 22.1. The van der Waals surface area contributed by atoms with Gasteiger partial charge in [-0.25, -0.2) is 9.97 Å². The van der Waals surface area contributed by atoms with Gasteiger partial charge >= 0.3 is 0 Å². The Bertz CT molecular complexity index is 4900. The van der Waals surface area contributed by atoms with Gasteiger partial charge in [-0.1, -0.05) is 119 Å². The summed E-state index contributed by atoms with van der Waals surface area (Å²) in [7, 11) is 1.58. The van der Waals surface area contributed by atoms with Crippen molar-refractivity contribution in [2.45, 2.75) is 161 Å². The number of para-hydroxylation sites is 2. The SMILES string of the molecule is N=C(N)NCCC[C@@H]1NC(=O)[C@@H](Cc2ccccc2)NC(=O)[C@H](Cc2c[nH]cn2)NC[C@]2(C=O)CCCN2C(=O)[C@H]2NC(=O)[C@H](Cc3c[nH]c4ccccc34)NC(=O)[C@H](CCCNC(=N)N)NC(=O)[C@@H](Cc3ccccc3)NC(=O)[C@H](Cc3c[nH]cn3)NC(=O)[C@@H]3CCCN3C(=O)[C@H](CSS2)NC(=O)[C@H](Cc2c[nH]c3ccccc23)NC1=O. The number of H-pyrrole nitrogens is 4. The quantitative estimate of drug-likeness (QED) is 0.0143. The molecular formula is C80H98N24O12S2. The van der Waals surface area contributed by atoms with E-state index in [9.17, 15) is 4.79 Å². The molecular weight excluding hydrogens is 1550 g/mol. The van der Waals surface area contributed by atoms with E-state index in [1.165, 1.54) is 28.7 Å². The van der Waals surface area contributed by atoms with Crippen LogP contribution in [0.15, 0.2) is 147 Å². The molecule has 11 amide bonds. The molecule has 622 valence electrons. The minimum absolute atomic E-state index is 0.0235. The molecule has 36 nitrogen and oxygen atoms in total. The van der Waals surface area contributed by atoms with Gasteiger partial charge in [-0.15, -0.1) is 0 Å². The van der Waals surface area contributed by atoms with E-state index in [2.05, 4.69) is 93.7 Å². The zero-order chi connectivity index (χ0) is 83.2. The maximum Gasteiger partial charge on any atom is 0.257 e. The predicted octanol–water partition coefficient (Wildman–Crippen LogP) is -0.383. The van der Waals surface area contributed by atoms with Crippen LogP contribution in [0.1, 0.15) is 85.0 Å². The van der Waals surface area contributed by atoms with Crippen molar-refractivity contribution in [3.05, 3.63) is 180 Å². The number of nitrogens with zero attached hydrogens (tertiary/aromatic N) is 4. The maximum absolute atomic E-state index is 16.2. The molecule has 4 aromatic heterocycles. The summed E-state index contributed by atoms with van der Waals surface area (Å²) in [5.74, 6) is -10.7. The summed E-state index contributed by atoms with van der Waals surface area (Å²) >= 11 is 0. The number of hydrogen-bond acceptors (Lipinski definition) is 19. The molecule has 4 saturated heterocycles. The van der Waals surface area contributed by atoms with Crippen LogP contribution in [0.4, 0.5) is 0 Å². The van der Waals surface area contributed by atoms with E-state index >= 15 is 52.7 Å². The molecule has 0 radical (unpaired) electrons. The molecule has 12 atom stereocenters. The van der Waals surface area contributed by atoms with Crippen LogP contribution in [0.5, 0.6) is 0 Å². The number of fused-ring (bicyclic) bond motifs is 8. The van der Waals surface area contributed by atoms with Gasteiger partial charge in [-0.05, 0) is 85.8 Å². The molecule has 118 heavy (non-hydrogen) atoms. The highest BCUT2D eigenvalue weighted by molar-refractivity contribution is 8.77. The van der Waals surface area contributed by atoms with E-state index in [0.717, 1.165) is 21.6 Å². The number of amides is 11. The Hall–Kier alpha value is -12.6. The van der Waals surface area contributed by atoms with Gasteiger partial charge in [-0.2, -0.15) is 0 Å². The summed E-state index contributed by atoms with van der Waals surface area (Å²) in [6.45, 7) is -0.436. The summed E-state index contributed by atoms with van der Waals surface area (Å²) in [5.41, 5.74) is 13.9. The average molecular weight is 1650 g/mol. The number of nitrogens with two attached hydrogens (primary N) is 2. The first-order valence-corrected chi connectivity index (χ1v) is 41.6. The van der Waals surface area contributed by atoms with Crippen molar-refractivity contribution in [3.8, 4) is 0 Å². The molecule has 4 fully saturated rings. The van der Waals surface area contributed by atoms with Crippen LogP contribution in [0, 0.1) is 10.8 Å². The topological polar surface area (TPSA) is 544 Å². The van der Waals surface area contributed by atoms with Gasteiger partial charge < -0.3 is 110 Å². The lowest BCUT2D eigenvalue weighted by atomic mass is 9.96. The van der Waals surface area contributed by atoms with Crippen molar-refractivity contribution < 1.29 is 57.5 Å². The lowest BCUT2D eigenvalue weighted by molar-refractivity contribution is -0.142. The second-order valence-corrected chi connectivity index (χ2v) is 32.2. The summed E-state index contributed by atoms with van der Waals surface area (Å²) < 4.78 is 0. The number of benzene rings is 4. The fourth-order valence-electron chi connectivity index (χ4n) is 15.3. The largest absolute Gasteiger partial charge is 0.370 e. The summed E-state index contributed by atoms with van der Waals surface area (Å²) in [5, 5.41) is 49.9. The second-order valence-electron chi connectivity index (χ2n) is 29.7. The van der Waals surface area contributed by atoms with Gasteiger partial charge in [0.2, 0.25) is 59.1 Å². The van der Waals surface area contributed by atoms with E-state index in [-0.39, 0.29) is 128 Å². The Morgan fingerprint density at radius 2 is 0.932 bits per heavy atom. The Kier molecular flexibility index (Phi) is 29.0. The lowest BCUT2D eigenvalue weighted by Gasteiger charge is -2.37. The van der Waals surface area contributed by atoms with Gasteiger partial charge in [0.25, 0.3) is 5.91 Å². The highest BCUT2D eigenvalue weighted by Crippen LogP contribution is 2.35. The monoisotopic (exact) mass is 1650 g/mol. The third-order valence-corrected chi connectivity index (χ3v) is 23.9. The lowest BCUT2D eigenvalue weighted by Crippen LogP contribution is -2.63. The number of nitrogens with one attached hydrogen (secondary N) is 18. The molecule has 8 heterocycles. The number of aromatic amines is 4. The number of carbonyl (C=O) groups excluding carboxylic acids is 12. The highest BCUT2D eigenvalue weighted by Gasteiger charge is 2.48. The van der Waals surface area contributed by atoms with Crippen LogP contribution in [-0.4, -0.2) is 233 Å². The maximum atomic E-state index is 16.2. The van der Waals surface area contributed by atoms with Crippen molar-refractivity contribution in [1.29, 1.82) is 10.8 Å². The molecule has 2 bridgehead atoms. The van der Waals surface area contributed by atoms with Crippen molar-refractivity contribution >= 4 is 127 Å². The highest BCUT2D eigenvalue weighted by atomic mass is 33.1. The Balaban J connectivity index is 0.995. The van der Waals surface area contributed by atoms with Crippen molar-refractivity contribution in [1.82, 2.24) is 104 Å². The van der Waals surface area contributed by atoms with Crippen molar-refractivity contribution in [2.75, 3.05) is 38.5 Å². The number of carbonyl (C=O) groups is 12. The van der Waals surface area contributed by atoms with Gasteiger partial charge in [0.1, 0.15) is 66.2 Å². The van der Waals surface area contributed by atoms with E-state index in [1.54, 1.807) is 116 Å². The minimum atomic E-state index is -1.78. The normalized spacial score (nSPS) is 24.7. The Morgan fingerprint density at radius 1 is 0.492 bits per heavy atom. The molecule has 4 aromatic carbocycles. The van der Waals surface area contributed by atoms with Gasteiger partial charge in [0.05, 0.1) is 30.1 Å². The van der Waals surface area contributed by atoms with Crippen LogP contribution in [0.3, 0.4) is 0 Å². The van der Waals surface area contributed by atoms with E-state index in [1.807, 2.05) is 12.1 Å². The van der Waals surface area contributed by atoms with Crippen LogP contribution in [0.25, 0.3) is 21.8 Å². The molecule has 8 aromatic rings. The zero-order valence-electron chi connectivity index (χ0n) is 64.6. The average Bonchev–Trinajstić information content (AvgIpc) is 1.59. The summed E-state index contributed by atoms with van der Waals surface area (Å²) in [6, 6.07) is 16.9. The first-order chi connectivity index (χ1) is 57.1. The molecule has 0 saturated carbocycles. The molecule has 0 unspecified atom stereocenters. The van der Waals surface area contributed by atoms with Crippen LogP contribution >= 0.6 is 21.6 Å². The Labute approximate surface area is 686 Å². The fraction of sp³-hybridized carbons (Fsp3) is 0.400. The number of aldehydes is 1. The number of hydrogen-bond donors (Lipinski definition) is 20. The fourth-order valence-corrected chi connectivity index (χ4v) is 17.7. The predicted molar refractivity (Wildman–Crippen MR) is 441 cm³/mol. The standard InChI is InChI=1S/C80H98N24O12S2/c81-78(82)87-27-11-23-56-66(106)98-61(33-48-37-89-54-21-9-7-19-52(48)54)71(111)101-64-41-117-118-75(77(116)104-30-14-26-80(104,43-105)42-91-58(35-50-39-85-44-92-50)68(108)96-59(69(109)94-56)31-46-15-3-1-4-16-46)102-73(113)62(34-49-38-90-55-22-10-8-20-53(49)55)99-67(107)57(24-12-28-88-79(83)84)95-70(110)60(32-47-17-5-2-6-18-47)97-72(112)63(36-51-40-86-45-93-51)100-74(114)65-25-13-29-103(65)76(64)115/h1-10,15-22,37-40,43-45,56-65,75,89-91H,11-14,23-36,41-42H2,(H,85,92)(H,86,93)(H,94,109)(H,95,110)(H,96,108)(H,97,112)(H,98,106)(H,99,107)(H,100,114)(H,101,111)(H,102,113)(H4,81,82,87)(H4,83,84,88)/t56-,57-,58-,59+,60+,61-,62-,63-,64-,65-,75-,80-/m0/s1. The molecule has 12 rings (SSSR count). The molecule has 4 aliphatic rings. The number of aromatic nitrogens is 6.